The SMILES string of the molecule is CC(C)(C)OC(=O)Nc1cc(C=O)cc2c1OCC2. The first kappa shape index (κ1) is 13.4. The van der Waals surface area contributed by atoms with E-state index in [4.69, 9.17) is 9.47 Å². The standard InChI is InChI=1S/C14H17NO4/c1-14(2,3)19-13(17)15-11-7-9(8-16)6-10-4-5-18-12(10)11/h6-8H,4-5H2,1-3H3,(H,15,17). The van der Waals surface area contributed by atoms with E-state index in [2.05, 4.69) is 5.32 Å². The molecule has 0 saturated heterocycles. The summed E-state index contributed by atoms with van der Waals surface area (Å²) in [5.74, 6) is 0.622. The van der Waals surface area contributed by atoms with Crippen LogP contribution in [0.1, 0.15) is 36.7 Å². The van der Waals surface area contributed by atoms with Crippen molar-refractivity contribution in [3.63, 3.8) is 0 Å². The number of anilines is 1. The van der Waals surface area contributed by atoms with Gasteiger partial charge in [-0.2, -0.15) is 0 Å². The highest BCUT2D eigenvalue weighted by atomic mass is 16.6. The molecule has 5 nitrogen and oxygen atoms in total. The maximum atomic E-state index is 11.8. The Labute approximate surface area is 111 Å². The van der Waals surface area contributed by atoms with E-state index in [0.717, 1.165) is 18.3 Å². The Morgan fingerprint density at radius 3 is 2.79 bits per heavy atom. The summed E-state index contributed by atoms with van der Waals surface area (Å²) < 4.78 is 10.7. The third kappa shape index (κ3) is 3.24. The van der Waals surface area contributed by atoms with E-state index >= 15 is 0 Å². The quantitative estimate of drug-likeness (QED) is 0.833. The molecule has 0 spiro atoms. The van der Waals surface area contributed by atoms with Crippen molar-refractivity contribution in [3.05, 3.63) is 23.3 Å². The van der Waals surface area contributed by atoms with Crippen LogP contribution in [-0.2, 0) is 11.2 Å². The van der Waals surface area contributed by atoms with Gasteiger partial charge < -0.3 is 9.47 Å². The van der Waals surface area contributed by atoms with Crippen LogP contribution in [0.5, 0.6) is 5.75 Å². The number of rotatable bonds is 2. The number of amides is 1. The molecule has 0 aromatic heterocycles. The summed E-state index contributed by atoms with van der Waals surface area (Å²) in [6.45, 7) is 5.92. The summed E-state index contributed by atoms with van der Waals surface area (Å²) in [5.41, 5.74) is 1.34. The molecule has 102 valence electrons. The largest absolute Gasteiger partial charge is 0.491 e. The number of hydrogen-bond acceptors (Lipinski definition) is 4. The van der Waals surface area contributed by atoms with Crippen molar-refractivity contribution in [1.82, 2.24) is 0 Å². The van der Waals surface area contributed by atoms with E-state index in [0.29, 0.717) is 23.6 Å². The molecular formula is C14H17NO4. The van der Waals surface area contributed by atoms with Gasteiger partial charge in [0, 0.05) is 17.5 Å². The molecule has 0 bridgehead atoms. The lowest BCUT2D eigenvalue weighted by atomic mass is 10.1. The van der Waals surface area contributed by atoms with Crippen LogP contribution in [0.3, 0.4) is 0 Å². The van der Waals surface area contributed by atoms with Crippen molar-refractivity contribution in [2.24, 2.45) is 0 Å². The fourth-order valence-corrected chi connectivity index (χ4v) is 1.91. The molecule has 2 rings (SSSR count). The van der Waals surface area contributed by atoms with Crippen molar-refractivity contribution in [2.75, 3.05) is 11.9 Å². The Morgan fingerprint density at radius 2 is 2.16 bits per heavy atom. The lowest BCUT2D eigenvalue weighted by Crippen LogP contribution is -2.27. The molecule has 1 aromatic rings. The molecule has 1 amide bonds. The molecule has 0 radical (unpaired) electrons. The number of hydrogen-bond donors (Lipinski definition) is 1. The Hall–Kier alpha value is -2.04. The molecule has 0 fully saturated rings. The predicted octanol–water partition coefficient (Wildman–Crippen LogP) is 2.78. The Kier molecular flexibility index (Phi) is 3.46. The Morgan fingerprint density at radius 1 is 1.42 bits per heavy atom. The van der Waals surface area contributed by atoms with Crippen LogP contribution in [0, 0.1) is 0 Å². The molecule has 0 unspecified atom stereocenters. The first-order valence-electron chi connectivity index (χ1n) is 6.14. The molecule has 1 aliphatic rings. The van der Waals surface area contributed by atoms with Gasteiger partial charge in [0.05, 0.1) is 12.3 Å². The van der Waals surface area contributed by atoms with Gasteiger partial charge in [-0.3, -0.25) is 10.1 Å². The monoisotopic (exact) mass is 263 g/mol. The van der Waals surface area contributed by atoms with Crippen molar-refractivity contribution < 1.29 is 19.1 Å². The van der Waals surface area contributed by atoms with Gasteiger partial charge in [0.1, 0.15) is 17.6 Å². The van der Waals surface area contributed by atoms with Crippen LogP contribution in [0.2, 0.25) is 0 Å². The molecule has 19 heavy (non-hydrogen) atoms. The van der Waals surface area contributed by atoms with Gasteiger partial charge in [-0.15, -0.1) is 0 Å². The fourth-order valence-electron chi connectivity index (χ4n) is 1.91. The number of carbonyl (C=O) groups excluding carboxylic acids is 2. The van der Waals surface area contributed by atoms with Gasteiger partial charge in [0.25, 0.3) is 0 Å². The molecular weight excluding hydrogens is 246 g/mol. The van der Waals surface area contributed by atoms with Crippen molar-refractivity contribution >= 4 is 18.1 Å². The van der Waals surface area contributed by atoms with E-state index in [9.17, 15) is 9.59 Å². The van der Waals surface area contributed by atoms with Gasteiger partial charge in [-0.1, -0.05) is 0 Å². The average Bonchev–Trinajstić information content (AvgIpc) is 2.74. The molecule has 0 atom stereocenters. The zero-order valence-electron chi connectivity index (χ0n) is 11.3. The predicted molar refractivity (Wildman–Crippen MR) is 70.9 cm³/mol. The van der Waals surface area contributed by atoms with Crippen LogP contribution in [0.4, 0.5) is 10.5 Å². The molecule has 1 aliphatic heterocycles. The third-order valence-corrected chi connectivity index (χ3v) is 2.58. The maximum absolute atomic E-state index is 11.8. The van der Waals surface area contributed by atoms with Crippen molar-refractivity contribution in [2.45, 2.75) is 32.8 Å². The summed E-state index contributed by atoms with van der Waals surface area (Å²) >= 11 is 0. The first-order valence-corrected chi connectivity index (χ1v) is 6.14. The van der Waals surface area contributed by atoms with Crippen molar-refractivity contribution in [1.29, 1.82) is 0 Å². The summed E-state index contributed by atoms with van der Waals surface area (Å²) in [7, 11) is 0. The zero-order chi connectivity index (χ0) is 14.0. The van der Waals surface area contributed by atoms with E-state index < -0.39 is 11.7 Å². The third-order valence-electron chi connectivity index (χ3n) is 2.58. The van der Waals surface area contributed by atoms with Crippen LogP contribution < -0.4 is 10.1 Å². The minimum Gasteiger partial charge on any atom is -0.491 e. The van der Waals surface area contributed by atoms with Crippen LogP contribution in [0.25, 0.3) is 0 Å². The average molecular weight is 263 g/mol. The highest BCUT2D eigenvalue weighted by Crippen LogP contribution is 2.35. The minimum absolute atomic E-state index is 0.478. The van der Waals surface area contributed by atoms with Gasteiger partial charge in [-0.05, 0) is 32.9 Å². The number of ether oxygens (including phenoxy) is 2. The van der Waals surface area contributed by atoms with Crippen LogP contribution in [0.15, 0.2) is 12.1 Å². The van der Waals surface area contributed by atoms with Crippen LogP contribution in [-0.4, -0.2) is 24.6 Å². The van der Waals surface area contributed by atoms with Gasteiger partial charge in [0.15, 0.2) is 0 Å². The Bertz CT molecular complexity index is 517. The molecule has 0 saturated carbocycles. The molecule has 1 aromatic carbocycles. The lowest BCUT2D eigenvalue weighted by Gasteiger charge is -2.20. The first-order chi connectivity index (χ1) is 8.89. The van der Waals surface area contributed by atoms with Crippen molar-refractivity contribution in [3.8, 4) is 5.75 Å². The normalized spacial score (nSPS) is 13.4. The van der Waals surface area contributed by atoms with E-state index in [1.54, 1.807) is 32.9 Å². The minimum atomic E-state index is -0.573. The fraction of sp³-hybridized carbons (Fsp3) is 0.429. The van der Waals surface area contributed by atoms with Crippen LogP contribution >= 0.6 is 0 Å². The number of fused-ring (bicyclic) bond motifs is 1. The zero-order valence-corrected chi connectivity index (χ0v) is 11.3. The van der Waals surface area contributed by atoms with E-state index in [1.165, 1.54) is 0 Å². The lowest BCUT2D eigenvalue weighted by molar-refractivity contribution is 0.0635. The van der Waals surface area contributed by atoms with Gasteiger partial charge in [0.2, 0.25) is 0 Å². The number of aldehydes is 1. The second-order valence-corrected chi connectivity index (χ2v) is 5.40. The summed E-state index contributed by atoms with van der Waals surface area (Å²) in [6, 6.07) is 3.36. The number of nitrogens with one attached hydrogen (secondary N) is 1. The van der Waals surface area contributed by atoms with E-state index in [1.807, 2.05) is 0 Å². The molecule has 0 aliphatic carbocycles. The molecule has 5 heteroatoms. The summed E-state index contributed by atoms with van der Waals surface area (Å²) in [6.07, 6.45) is 0.923. The molecule has 1 N–H and O–H groups in total. The summed E-state index contributed by atoms with van der Waals surface area (Å²) in [4.78, 5) is 22.6. The number of carbonyl (C=O) groups is 2. The van der Waals surface area contributed by atoms with Gasteiger partial charge >= 0.3 is 6.09 Å². The second kappa shape index (κ2) is 4.91. The van der Waals surface area contributed by atoms with Gasteiger partial charge in [-0.25, -0.2) is 4.79 Å². The molecule has 1 heterocycles. The topological polar surface area (TPSA) is 64.6 Å². The smallest absolute Gasteiger partial charge is 0.412 e. The second-order valence-electron chi connectivity index (χ2n) is 5.40. The summed E-state index contributed by atoms with van der Waals surface area (Å²) in [5, 5.41) is 2.63. The maximum Gasteiger partial charge on any atom is 0.412 e. The highest BCUT2D eigenvalue weighted by Gasteiger charge is 2.22. The Balaban J connectivity index is 2.23. The number of benzene rings is 1. The highest BCUT2D eigenvalue weighted by molar-refractivity contribution is 5.90. The van der Waals surface area contributed by atoms with E-state index in [-0.39, 0.29) is 0 Å².